The van der Waals surface area contributed by atoms with E-state index in [1.165, 1.54) is 0 Å². The number of carbonyl (C=O) groups excluding carboxylic acids is 1. The van der Waals surface area contributed by atoms with Crippen LogP contribution in [0.3, 0.4) is 0 Å². The van der Waals surface area contributed by atoms with Crippen molar-refractivity contribution in [1.82, 2.24) is 0 Å². The minimum atomic E-state index is -4.59. The van der Waals surface area contributed by atoms with Gasteiger partial charge in [-0.05, 0) is 41.8 Å². The zero-order chi connectivity index (χ0) is 19.2. The summed E-state index contributed by atoms with van der Waals surface area (Å²) in [5, 5.41) is 5.34. The third kappa shape index (κ3) is 3.23. The van der Waals surface area contributed by atoms with Gasteiger partial charge in [0.1, 0.15) is 18.2 Å². The number of cyclic esters (lactones) is 1. The highest BCUT2D eigenvalue weighted by molar-refractivity contribution is 7.89. The standard InChI is InChI=1S/C17H12ClF2NO4S/c1-8-4-9(2-3-12(8)18)11-7-25-17(22)15(11)10-5-13(19)16(14(20)6-10)26(21,23)24/h2-6H,7H2,1H3,(H2,21,23,24). The monoisotopic (exact) mass is 399 g/mol. The SMILES string of the molecule is Cc1cc(C2=C(c3cc(F)c(S(N)(=O)=O)c(F)c3)C(=O)OC2)ccc1Cl. The molecule has 26 heavy (non-hydrogen) atoms. The van der Waals surface area contributed by atoms with E-state index >= 15 is 0 Å². The molecule has 2 N–H and O–H groups in total. The molecule has 0 unspecified atom stereocenters. The highest BCUT2D eigenvalue weighted by Crippen LogP contribution is 2.35. The van der Waals surface area contributed by atoms with Crippen LogP contribution >= 0.6 is 11.6 Å². The molecule has 0 amide bonds. The van der Waals surface area contributed by atoms with E-state index in [-0.39, 0.29) is 17.7 Å². The number of esters is 1. The van der Waals surface area contributed by atoms with Gasteiger partial charge in [0.05, 0.1) is 5.57 Å². The van der Waals surface area contributed by atoms with E-state index < -0.39 is 32.5 Å². The number of rotatable bonds is 3. The second kappa shape index (κ2) is 6.46. The van der Waals surface area contributed by atoms with Crippen LogP contribution in [0.15, 0.2) is 35.2 Å². The third-order valence-electron chi connectivity index (χ3n) is 3.93. The summed E-state index contributed by atoms with van der Waals surface area (Å²) in [5.74, 6) is -3.54. The summed E-state index contributed by atoms with van der Waals surface area (Å²) < 4.78 is 55.9. The fourth-order valence-corrected chi connectivity index (χ4v) is 3.51. The summed E-state index contributed by atoms with van der Waals surface area (Å²) in [5.41, 5.74) is 1.57. The van der Waals surface area contributed by atoms with E-state index in [2.05, 4.69) is 0 Å². The van der Waals surface area contributed by atoms with Gasteiger partial charge in [0.25, 0.3) is 0 Å². The molecule has 5 nitrogen and oxygen atoms in total. The molecule has 2 aromatic rings. The molecule has 0 fully saturated rings. The second-order valence-corrected chi connectivity index (χ2v) is 7.61. The fourth-order valence-electron chi connectivity index (χ4n) is 2.73. The van der Waals surface area contributed by atoms with E-state index in [1.54, 1.807) is 25.1 Å². The molecular weight excluding hydrogens is 388 g/mol. The first-order valence-electron chi connectivity index (χ1n) is 7.28. The highest BCUT2D eigenvalue weighted by Gasteiger charge is 2.30. The summed E-state index contributed by atoms with van der Waals surface area (Å²) in [6.07, 6.45) is 0. The summed E-state index contributed by atoms with van der Waals surface area (Å²) in [6.45, 7) is 1.68. The molecule has 0 radical (unpaired) electrons. The molecule has 0 spiro atoms. The van der Waals surface area contributed by atoms with Crippen LogP contribution in [0.25, 0.3) is 11.1 Å². The molecule has 0 aliphatic carbocycles. The normalized spacial score (nSPS) is 14.7. The predicted molar refractivity (Wildman–Crippen MR) is 91.7 cm³/mol. The van der Waals surface area contributed by atoms with Crippen LogP contribution in [0.4, 0.5) is 8.78 Å². The molecule has 0 atom stereocenters. The Morgan fingerprint density at radius 1 is 1.12 bits per heavy atom. The number of carbonyl (C=O) groups is 1. The number of halogens is 3. The fraction of sp³-hybridized carbons (Fsp3) is 0.118. The molecule has 9 heteroatoms. The van der Waals surface area contributed by atoms with Gasteiger partial charge in [0.2, 0.25) is 10.0 Å². The number of ether oxygens (including phenoxy) is 1. The van der Waals surface area contributed by atoms with E-state index in [1.807, 2.05) is 0 Å². The summed E-state index contributed by atoms with van der Waals surface area (Å²) in [6, 6.07) is 6.48. The Bertz CT molecular complexity index is 1060. The van der Waals surface area contributed by atoms with Gasteiger partial charge in [-0.15, -0.1) is 0 Å². The topological polar surface area (TPSA) is 86.5 Å². The van der Waals surface area contributed by atoms with Gasteiger partial charge >= 0.3 is 5.97 Å². The lowest BCUT2D eigenvalue weighted by atomic mass is 9.95. The minimum Gasteiger partial charge on any atom is -0.457 e. The highest BCUT2D eigenvalue weighted by atomic mass is 35.5. The van der Waals surface area contributed by atoms with E-state index in [0.29, 0.717) is 16.2 Å². The maximum atomic E-state index is 14.1. The summed E-state index contributed by atoms with van der Waals surface area (Å²) >= 11 is 5.99. The van der Waals surface area contributed by atoms with Crippen molar-refractivity contribution in [2.45, 2.75) is 11.8 Å². The van der Waals surface area contributed by atoms with Crippen molar-refractivity contribution in [3.8, 4) is 0 Å². The average Bonchev–Trinajstić information content (AvgIpc) is 2.89. The maximum Gasteiger partial charge on any atom is 0.339 e. The van der Waals surface area contributed by atoms with Gasteiger partial charge < -0.3 is 4.74 Å². The Morgan fingerprint density at radius 3 is 2.27 bits per heavy atom. The quantitative estimate of drug-likeness (QED) is 0.804. The lowest BCUT2D eigenvalue weighted by molar-refractivity contribution is -0.133. The third-order valence-corrected chi connectivity index (χ3v) is 5.31. The largest absolute Gasteiger partial charge is 0.457 e. The molecule has 0 bridgehead atoms. The molecule has 0 saturated carbocycles. The zero-order valence-electron chi connectivity index (χ0n) is 13.3. The Kier molecular flexibility index (Phi) is 4.60. The molecule has 1 aliphatic heterocycles. The van der Waals surface area contributed by atoms with Crippen LogP contribution in [0, 0.1) is 18.6 Å². The Labute approximate surface area is 153 Å². The first-order chi connectivity index (χ1) is 12.1. The van der Waals surface area contributed by atoms with Crippen LogP contribution in [-0.2, 0) is 19.6 Å². The van der Waals surface area contributed by atoms with E-state index in [0.717, 1.165) is 17.7 Å². The number of hydrogen-bond acceptors (Lipinski definition) is 4. The van der Waals surface area contributed by atoms with Crippen molar-refractivity contribution in [3.05, 3.63) is 63.7 Å². The number of aryl methyl sites for hydroxylation is 1. The molecule has 136 valence electrons. The lowest BCUT2D eigenvalue weighted by Gasteiger charge is -2.09. The van der Waals surface area contributed by atoms with Crippen molar-refractivity contribution in [1.29, 1.82) is 0 Å². The van der Waals surface area contributed by atoms with Crippen LogP contribution in [0.2, 0.25) is 5.02 Å². The smallest absolute Gasteiger partial charge is 0.339 e. The first-order valence-corrected chi connectivity index (χ1v) is 9.21. The number of sulfonamides is 1. The van der Waals surface area contributed by atoms with Crippen molar-refractivity contribution < 1.29 is 26.7 Å². The van der Waals surface area contributed by atoms with Crippen molar-refractivity contribution in [2.75, 3.05) is 6.61 Å². The number of primary sulfonamides is 1. The van der Waals surface area contributed by atoms with E-state index in [4.69, 9.17) is 21.5 Å². The van der Waals surface area contributed by atoms with Crippen LogP contribution in [0.5, 0.6) is 0 Å². The number of benzene rings is 2. The molecule has 0 saturated heterocycles. The van der Waals surface area contributed by atoms with Crippen LogP contribution < -0.4 is 5.14 Å². The molecular formula is C17H12ClF2NO4S. The molecule has 0 aromatic heterocycles. The predicted octanol–water partition coefficient (Wildman–Crippen LogP) is 3.04. The lowest BCUT2D eigenvalue weighted by Crippen LogP contribution is -2.16. The first kappa shape index (κ1) is 18.5. The Hall–Kier alpha value is -2.29. The zero-order valence-corrected chi connectivity index (χ0v) is 14.9. The summed E-state index contributed by atoms with van der Waals surface area (Å²) in [7, 11) is -4.59. The maximum absolute atomic E-state index is 14.1. The van der Waals surface area contributed by atoms with Gasteiger partial charge in [-0.1, -0.05) is 23.7 Å². The number of hydrogen-bond donors (Lipinski definition) is 1. The van der Waals surface area contributed by atoms with Gasteiger partial charge in [-0.25, -0.2) is 27.1 Å². The van der Waals surface area contributed by atoms with E-state index in [9.17, 15) is 22.0 Å². The van der Waals surface area contributed by atoms with Crippen molar-refractivity contribution >= 4 is 38.7 Å². The Balaban J connectivity index is 2.22. The van der Waals surface area contributed by atoms with Gasteiger partial charge in [0, 0.05) is 10.6 Å². The summed E-state index contributed by atoms with van der Waals surface area (Å²) in [4.78, 5) is 10.9. The second-order valence-electron chi connectivity index (χ2n) is 5.71. The average molecular weight is 400 g/mol. The molecule has 2 aromatic carbocycles. The van der Waals surface area contributed by atoms with Crippen LogP contribution in [-0.4, -0.2) is 21.0 Å². The van der Waals surface area contributed by atoms with Gasteiger partial charge in [-0.3, -0.25) is 0 Å². The van der Waals surface area contributed by atoms with Crippen molar-refractivity contribution in [3.63, 3.8) is 0 Å². The number of nitrogens with two attached hydrogens (primary N) is 1. The molecule has 3 rings (SSSR count). The van der Waals surface area contributed by atoms with Gasteiger partial charge in [-0.2, -0.15) is 0 Å². The molecule has 1 heterocycles. The Morgan fingerprint density at radius 2 is 1.73 bits per heavy atom. The van der Waals surface area contributed by atoms with Crippen molar-refractivity contribution in [2.24, 2.45) is 5.14 Å². The van der Waals surface area contributed by atoms with Gasteiger partial charge in [0.15, 0.2) is 4.90 Å². The minimum absolute atomic E-state index is 0.0505. The molecule has 1 aliphatic rings. The van der Waals surface area contributed by atoms with Crippen LogP contribution in [0.1, 0.15) is 16.7 Å².